The second kappa shape index (κ2) is 6.64. The lowest BCUT2D eigenvalue weighted by molar-refractivity contribution is 0.269. The molecule has 21 heavy (non-hydrogen) atoms. The monoisotopic (exact) mass is 315 g/mol. The lowest BCUT2D eigenvalue weighted by Gasteiger charge is -2.14. The minimum atomic E-state index is -3.62. The van der Waals surface area contributed by atoms with Crippen LogP contribution in [0.25, 0.3) is 0 Å². The molecule has 0 atom stereocenters. The van der Waals surface area contributed by atoms with E-state index in [-0.39, 0.29) is 17.3 Å². The summed E-state index contributed by atoms with van der Waals surface area (Å²) < 4.78 is 37.4. The predicted molar refractivity (Wildman–Crippen MR) is 78.0 cm³/mol. The summed E-state index contributed by atoms with van der Waals surface area (Å²) in [7, 11) is -0.745. The third-order valence-electron chi connectivity index (χ3n) is 3.55. The smallest absolute Gasteiger partial charge is 0.240 e. The van der Waals surface area contributed by atoms with Gasteiger partial charge in [0.25, 0.3) is 0 Å². The molecule has 1 fully saturated rings. The molecule has 0 heterocycles. The van der Waals surface area contributed by atoms with Crippen LogP contribution in [0.15, 0.2) is 17.0 Å². The molecular weight excluding hydrogens is 294 g/mol. The largest absolute Gasteiger partial charge is 0.493 e. The molecule has 0 bridgehead atoms. The van der Waals surface area contributed by atoms with E-state index in [0.29, 0.717) is 23.8 Å². The number of aliphatic hydroxyl groups excluding tert-OH is 1. The van der Waals surface area contributed by atoms with Crippen LogP contribution in [0.5, 0.6) is 11.5 Å². The average molecular weight is 315 g/mol. The second-order valence-corrected chi connectivity index (χ2v) is 6.87. The molecular formula is C14H21NO5S. The number of sulfonamides is 1. The van der Waals surface area contributed by atoms with Crippen LogP contribution in [-0.4, -0.2) is 34.3 Å². The van der Waals surface area contributed by atoms with Crippen molar-refractivity contribution in [2.45, 2.75) is 30.8 Å². The third kappa shape index (κ3) is 3.87. The van der Waals surface area contributed by atoms with Crippen molar-refractivity contribution in [3.05, 3.63) is 17.7 Å². The highest BCUT2D eigenvalue weighted by molar-refractivity contribution is 7.89. The van der Waals surface area contributed by atoms with E-state index in [9.17, 15) is 13.5 Å². The van der Waals surface area contributed by atoms with E-state index in [4.69, 9.17) is 9.47 Å². The van der Waals surface area contributed by atoms with E-state index in [1.54, 1.807) is 0 Å². The van der Waals surface area contributed by atoms with E-state index in [1.165, 1.54) is 39.2 Å². The highest BCUT2D eigenvalue weighted by Gasteiger charge is 2.23. The zero-order chi connectivity index (χ0) is 15.5. The summed E-state index contributed by atoms with van der Waals surface area (Å²) in [4.78, 5) is 0.0694. The van der Waals surface area contributed by atoms with Gasteiger partial charge in [-0.25, -0.2) is 13.1 Å². The normalized spacial score (nSPS) is 15.0. The summed E-state index contributed by atoms with van der Waals surface area (Å²) in [5.74, 6) is 1.29. The van der Waals surface area contributed by atoms with Gasteiger partial charge in [0, 0.05) is 18.2 Å². The van der Waals surface area contributed by atoms with Crippen molar-refractivity contribution in [2.24, 2.45) is 5.92 Å². The zero-order valence-corrected chi connectivity index (χ0v) is 13.1. The minimum Gasteiger partial charge on any atom is -0.493 e. The summed E-state index contributed by atoms with van der Waals surface area (Å²) in [6.07, 6.45) is 3.23. The van der Waals surface area contributed by atoms with Crippen LogP contribution >= 0.6 is 0 Å². The van der Waals surface area contributed by atoms with Crippen molar-refractivity contribution >= 4 is 10.0 Å². The Labute approximate surface area is 125 Å². The minimum absolute atomic E-state index is 0.0694. The summed E-state index contributed by atoms with van der Waals surface area (Å²) in [6, 6.07) is 2.80. The average Bonchev–Trinajstić information content (AvgIpc) is 3.29. The molecule has 6 nitrogen and oxygen atoms in total. The number of aliphatic hydroxyl groups is 1. The second-order valence-electron chi connectivity index (χ2n) is 5.11. The molecule has 0 aromatic heterocycles. The van der Waals surface area contributed by atoms with Gasteiger partial charge in [0.05, 0.1) is 25.7 Å². The van der Waals surface area contributed by atoms with E-state index < -0.39 is 10.0 Å². The lowest BCUT2D eigenvalue weighted by atomic mass is 10.2. The quantitative estimate of drug-likeness (QED) is 0.755. The SMILES string of the molecule is COc1cc(S(=O)(=O)NCCC2CC2)cc(CO)c1OC. The molecule has 2 N–H and O–H groups in total. The Morgan fingerprint density at radius 2 is 2.00 bits per heavy atom. The number of rotatable bonds is 8. The van der Waals surface area contributed by atoms with Gasteiger partial charge in [0.15, 0.2) is 11.5 Å². The van der Waals surface area contributed by atoms with Crippen molar-refractivity contribution in [1.29, 1.82) is 0 Å². The van der Waals surface area contributed by atoms with Crippen LogP contribution in [0.4, 0.5) is 0 Å². The molecule has 2 rings (SSSR count). The molecule has 0 amide bonds. The maximum Gasteiger partial charge on any atom is 0.240 e. The van der Waals surface area contributed by atoms with Crippen molar-refractivity contribution in [1.82, 2.24) is 4.72 Å². The Hall–Kier alpha value is -1.31. The van der Waals surface area contributed by atoms with Crippen LogP contribution < -0.4 is 14.2 Å². The first-order valence-electron chi connectivity index (χ1n) is 6.87. The number of hydrogen-bond donors (Lipinski definition) is 2. The maximum absolute atomic E-state index is 12.3. The summed E-state index contributed by atoms with van der Waals surface area (Å²) in [6.45, 7) is 0.0980. The summed E-state index contributed by atoms with van der Waals surface area (Å²) >= 11 is 0. The number of hydrogen-bond acceptors (Lipinski definition) is 5. The molecule has 1 aromatic rings. The van der Waals surface area contributed by atoms with Crippen LogP contribution in [0, 0.1) is 5.92 Å². The van der Waals surface area contributed by atoms with Gasteiger partial charge in [-0.05, 0) is 18.4 Å². The van der Waals surface area contributed by atoms with Gasteiger partial charge in [-0.2, -0.15) is 0 Å². The zero-order valence-electron chi connectivity index (χ0n) is 12.3. The lowest BCUT2D eigenvalue weighted by Crippen LogP contribution is -2.25. The molecule has 1 aromatic carbocycles. The van der Waals surface area contributed by atoms with Gasteiger partial charge in [0.1, 0.15) is 0 Å². The first kappa shape index (κ1) is 16.1. The van der Waals surface area contributed by atoms with Crippen molar-refractivity contribution < 1.29 is 23.0 Å². The van der Waals surface area contributed by atoms with Crippen molar-refractivity contribution in [3.8, 4) is 11.5 Å². The van der Waals surface area contributed by atoms with Crippen LogP contribution in [0.3, 0.4) is 0 Å². The Morgan fingerprint density at radius 3 is 2.52 bits per heavy atom. The topological polar surface area (TPSA) is 84.9 Å². The fraction of sp³-hybridized carbons (Fsp3) is 0.571. The van der Waals surface area contributed by atoms with Gasteiger partial charge in [-0.15, -0.1) is 0 Å². The third-order valence-corrected chi connectivity index (χ3v) is 4.99. The fourth-order valence-electron chi connectivity index (χ4n) is 2.18. The first-order valence-corrected chi connectivity index (χ1v) is 8.35. The van der Waals surface area contributed by atoms with Crippen LogP contribution in [0.2, 0.25) is 0 Å². The fourth-order valence-corrected chi connectivity index (χ4v) is 3.29. The van der Waals surface area contributed by atoms with E-state index in [2.05, 4.69) is 4.72 Å². The number of nitrogens with one attached hydrogen (secondary N) is 1. The maximum atomic E-state index is 12.3. The highest BCUT2D eigenvalue weighted by atomic mass is 32.2. The van der Waals surface area contributed by atoms with E-state index >= 15 is 0 Å². The first-order chi connectivity index (χ1) is 10.0. The van der Waals surface area contributed by atoms with Crippen molar-refractivity contribution in [3.63, 3.8) is 0 Å². The van der Waals surface area contributed by atoms with E-state index in [0.717, 1.165) is 6.42 Å². The van der Waals surface area contributed by atoms with Gasteiger partial charge in [-0.1, -0.05) is 12.8 Å². The Bertz CT molecular complexity index is 570. The van der Waals surface area contributed by atoms with Gasteiger partial charge < -0.3 is 14.6 Å². The Morgan fingerprint density at radius 1 is 1.29 bits per heavy atom. The number of benzene rings is 1. The Balaban J connectivity index is 2.24. The van der Waals surface area contributed by atoms with Gasteiger partial charge in [0.2, 0.25) is 10.0 Å². The van der Waals surface area contributed by atoms with Crippen LogP contribution in [0.1, 0.15) is 24.8 Å². The number of ether oxygens (including phenoxy) is 2. The Kier molecular flexibility index (Phi) is 5.08. The van der Waals surface area contributed by atoms with Gasteiger partial charge >= 0.3 is 0 Å². The molecule has 0 aliphatic heterocycles. The van der Waals surface area contributed by atoms with Crippen molar-refractivity contribution in [2.75, 3.05) is 20.8 Å². The van der Waals surface area contributed by atoms with Gasteiger partial charge in [-0.3, -0.25) is 0 Å². The molecule has 7 heteroatoms. The summed E-state index contributed by atoms with van der Waals surface area (Å²) in [5.41, 5.74) is 0.374. The predicted octanol–water partition coefficient (Wildman–Crippen LogP) is 1.27. The molecule has 0 unspecified atom stereocenters. The molecule has 0 saturated heterocycles. The van der Waals surface area contributed by atoms with Crippen LogP contribution in [-0.2, 0) is 16.6 Å². The molecule has 0 spiro atoms. The highest BCUT2D eigenvalue weighted by Crippen LogP contribution is 2.34. The molecule has 1 saturated carbocycles. The molecule has 1 aliphatic rings. The number of methoxy groups -OCH3 is 2. The molecule has 0 radical (unpaired) electrons. The standard InChI is InChI=1S/C14H21NO5S/c1-19-13-8-12(7-11(9-16)14(13)20-2)21(17,18)15-6-5-10-3-4-10/h7-8,10,15-16H,3-6,9H2,1-2H3. The molecule has 118 valence electrons. The summed E-state index contributed by atoms with van der Waals surface area (Å²) in [5, 5.41) is 9.37. The molecule has 1 aliphatic carbocycles. The van der Waals surface area contributed by atoms with E-state index in [1.807, 2.05) is 0 Å².